The van der Waals surface area contributed by atoms with Crippen molar-refractivity contribution in [1.82, 2.24) is 0 Å². The lowest BCUT2D eigenvalue weighted by atomic mass is 9.54. The third kappa shape index (κ3) is 1.47. The second-order valence-corrected chi connectivity index (χ2v) is 4.74. The van der Waals surface area contributed by atoms with Crippen molar-refractivity contribution in [3.63, 3.8) is 0 Å². The third-order valence-corrected chi connectivity index (χ3v) is 4.08. The molecule has 0 heterocycles. The number of allylic oxidation sites excluding steroid dienone is 2. The molecule has 2 nitrogen and oxygen atoms in total. The molecule has 0 spiro atoms. The van der Waals surface area contributed by atoms with Crippen molar-refractivity contribution in [1.29, 1.82) is 0 Å². The van der Waals surface area contributed by atoms with Crippen LogP contribution in [0.5, 0.6) is 0 Å². The van der Waals surface area contributed by atoms with Crippen molar-refractivity contribution in [2.45, 2.75) is 32.6 Å². The van der Waals surface area contributed by atoms with Gasteiger partial charge < -0.3 is 5.73 Å². The van der Waals surface area contributed by atoms with Gasteiger partial charge in [0, 0.05) is 5.92 Å². The molecule has 1 fully saturated rings. The maximum Gasteiger partial charge on any atom is 0.221 e. The van der Waals surface area contributed by atoms with E-state index in [0.29, 0.717) is 11.8 Å². The van der Waals surface area contributed by atoms with Crippen LogP contribution in [0.3, 0.4) is 0 Å². The molecule has 0 aromatic heterocycles. The van der Waals surface area contributed by atoms with Crippen molar-refractivity contribution in [3.05, 3.63) is 12.2 Å². The van der Waals surface area contributed by atoms with Gasteiger partial charge in [0.25, 0.3) is 0 Å². The minimum absolute atomic E-state index is 0.0803. The van der Waals surface area contributed by atoms with Gasteiger partial charge in [-0.25, -0.2) is 0 Å². The van der Waals surface area contributed by atoms with Crippen molar-refractivity contribution in [2.75, 3.05) is 0 Å². The highest BCUT2D eigenvalue weighted by molar-refractivity contribution is 5.78. The van der Waals surface area contributed by atoms with Crippen LogP contribution in [-0.2, 0) is 4.79 Å². The Morgan fingerprint density at radius 3 is 2.36 bits per heavy atom. The molecule has 0 bridgehead atoms. The van der Waals surface area contributed by atoms with E-state index in [4.69, 9.17) is 5.73 Å². The van der Waals surface area contributed by atoms with Gasteiger partial charge in [0.15, 0.2) is 0 Å². The molecule has 4 unspecified atom stereocenters. The van der Waals surface area contributed by atoms with Crippen LogP contribution in [-0.4, -0.2) is 5.91 Å². The predicted molar refractivity (Wildman–Crippen MR) is 56.4 cm³/mol. The number of nitrogens with two attached hydrogens (primary N) is 1. The minimum atomic E-state index is -0.0803. The van der Waals surface area contributed by atoms with Crippen LogP contribution in [0.25, 0.3) is 0 Å². The molecule has 4 atom stereocenters. The Hall–Kier alpha value is -0.790. The van der Waals surface area contributed by atoms with E-state index in [-0.39, 0.29) is 11.8 Å². The standard InChI is InChI=1S/C12H19NO/c1-8-9-6-4-2-3-5-7-10(9)11(8)12(13)14/h2-3,8-11H,4-7H2,1H3,(H2,13,14). The van der Waals surface area contributed by atoms with Gasteiger partial charge in [0.05, 0.1) is 0 Å². The van der Waals surface area contributed by atoms with Gasteiger partial charge in [0.1, 0.15) is 0 Å². The Kier molecular flexibility index (Phi) is 2.62. The number of carbonyl (C=O) groups is 1. The summed E-state index contributed by atoms with van der Waals surface area (Å²) in [5.41, 5.74) is 5.43. The maximum absolute atomic E-state index is 11.2. The SMILES string of the molecule is CC1C2CCC=CCCC2C1C(N)=O. The first-order valence-corrected chi connectivity index (χ1v) is 5.66. The largest absolute Gasteiger partial charge is 0.369 e. The molecule has 14 heavy (non-hydrogen) atoms. The Labute approximate surface area is 85.6 Å². The number of fused-ring (bicyclic) bond motifs is 1. The number of primary amides is 1. The highest BCUT2D eigenvalue weighted by Gasteiger charge is 2.49. The first kappa shape index (κ1) is 9.75. The first-order valence-electron chi connectivity index (χ1n) is 5.66. The molecule has 0 aliphatic heterocycles. The summed E-state index contributed by atoms with van der Waals surface area (Å²) in [6.45, 7) is 2.18. The molecule has 1 saturated carbocycles. The second-order valence-electron chi connectivity index (χ2n) is 4.74. The Bertz CT molecular complexity index is 259. The highest BCUT2D eigenvalue weighted by Crippen LogP contribution is 2.50. The average molecular weight is 193 g/mol. The van der Waals surface area contributed by atoms with E-state index in [9.17, 15) is 4.79 Å². The smallest absolute Gasteiger partial charge is 0.221 e. The fraction of sp³-hybridized carbons (Fsp3) is 0.750. The molecule has 0 saturated heterocycles. The van der Waals surface area contributed by atoms with Gasteiger partial charge in [-0.15, -0.1) is 0 Å². The molecule has 2 aliphatic carbocycles. The van der Waals surface area contributed by atoms with Crippen molar-refractivity contribution >= 4 is 5.91 Å². The minimum Gasteiger partial charge on any atom is -0.369 e. The molecule has 2 rings (SSSR count). The van der Waals surface area contributed by atoms with Crippen molar-refractivity contribution < 1.29 is 4.79 Å². The number of rotatable bonds is 1. The zero-order valence-electron chi connectivity index (χ0n) is 8.78. The Balaban J connectivity index is 2.06. The van der Waals surface area contributed by atoms with Gasteiger partial charge >= 0.3 is 0 Å². The molecule has 0 radical (unpaired) electrons. The van der Waals surface area contributed by atoms with Crippen LogP contribution in [0.2, 0.25) is 0 Å². The highest BCUT2D eigenvalue weighted by atomic mass is 16.1. The quantitative estimate of drug-likeness (QED) is 0.637. The van der Waals surface area contributed by atoms with E-state index in [1.54, 1.807) is 0 Å². The number of amides is 1. The molecule has 0 aromatic rings. The van der Waals surface area contributed by atoms with Crippen LogP contribution in [0, 0.1) is 23.7 Å². The average Bonchev–Trinajstić information content (AvgIpc) is 2.08. The molecule has 0 aromatic carbocycles. The zero-order chi connectivity index (χ0) is 10.1. The normalized spacial score (nSPS) is 41.8. The molecular weight excluding hydrogens is 174 g/mol. The molecular formula is C12H19NO. The lowest BCUT2D eigenvalue weighted by Gasteiger charge is -2.50. The van der Waals surface area contributed by atoms with E-state index >= 15 is 0 Å². The van der Waals surface area contributed by atoms with Gasteiger partial charge in [-0.2, -0.15) is 0 Å². The molecule has 2 aliphatic rings. The Morgan fingerprint density at radius 1 is 1.21 bits per heavy atom. The maximum atomic E-state index is 11.2. The van der Waals surface area contributed by atoms with E-state index in [1.807, 2.05) is 0 Å². The van der Waals surface area contributed by atoms with Crippen LogP contribution in [0.1, 0.15) is 32.6 Å². The Morgan fingerprint density at radius 2 is 1.79 bits per heavy atom. The van der Waals surface area contributed by atoms with Crippen LogP contribution >= 0.6 is 0 Å². The van der Waals surface area contributed by atoms with Crippen LogP contribution in [0.4, 0.5) is 0 Å². The van der Waals surface area contributed by atoms with Crippen molar-refractivity contribution in [3.8, 4) is 0 Å². The monoisotopic (exact) mass is 193 g/mol. The summed E-state index contributed by atoms with van der Waals surface area (Å²) in [5.74, 6) is 1.92. The zero-order valence-corrected chi connectivity index (χ0v) is 8.78. The molecule has 2 N–H and O–H groups in total. The topological polar surface area (TPSA) is 43.1 Å². The van der Waals surface area contributed by atoms with Crippen LogP contribution < -0.4 is 5.73 Å². The summed E-state index contributed by atoms with van der Waals surface area (Å²) < 4.78 is 0. The number of hydrogen-bond donors (Lipinski definition) is 1. The predicted octanol–water partition coefficient (Wildman–Crippen LogP) is 2.10. The van der Waals surface area contributed by atoms with Gasteiger partial charge in [-0.3, -0.25) is 4.79 Å². The summed E-state index contributed by atoms with van der Waals surface area (Å²) in [4.78, 5) is 11.2. The summed E-state index contributed by atoms with van der Waals surface area (Å²) >= 11 is 0. The number of carbonyl (C=O) groups excluding carboxylic acids is 1. The summed E-state index contributed by atoms with van der Waals surface area (Å²) in [7, 11) is 0. The fourth-order valence-corrected chi connectivity index (χ4v) is 3.32. The summed E-state index contributed by atoms with van der Waals surface area (Å²) in [5, 5.41) is 0. The molecule has 2 heteroatoms. The van der Waals surface area contributed by atoms with Crippen molar-refractivity contribution in [2.24, 2.45) is 29.4 Å². The number of hydrogen-bond acceptors (Lipinski definition) is 1. The van der Waals surface area contributed by atoms with E-state index in [1.165, 1.54) is 12.8 Å². The lowest BCUT2D eigenvalue weighted by Crippen LogP contribution is -2.51. The van der Waals surface area contributed by atoms with Gasteiger partial charge in [-0.1, -0.05) is 19.1 Å². The lowest BCUT2D eigenvalue weighted by molar-refractivity contribution is -0.137. The van der Waals surface area contributed by atoms with E-state index in [2.05, 4.69) is 19.1 Å². The summed E-state index contributed by atoms with van der Waals surface area (Å²) in [6.07, 6.45) is 9.22. The van der Waals surface area contributed by atoms with Gasteiger partial charge in [-0.05, 0) is 43.4 Å². The van der Waals surface area contributed by atoms with Crippen LogP contribution in [0.15, 0.2) is 12.2 Å². The summed E-state index contributed by atoms with van der Waals surface area (Å²) in [6, 6.07) is 0. The fourth-order valence-electron chi connectivity index (χ4n) is 3.32. The van der Waals surface area contributed by atoms with Gasteiger partial charge in [0.2, 0.25) is 5.91 Å². The molecule has 1 amide bonds. The van der Waals surface area contributed by atoms with E-state index in [0.717, 1.165) is 18.8 Å². The molecule has 78 valence electrons. The van der Waals surface area contributed by atoms with E-state index < -0.39 is 0 Å². The second kappa shape index (κ2) is 3.76. The first-order chi connectivity index (χ1) is 6.72. The third-order valence-electron chi connectivity index (χ3n) is 4.08.